The van der Waals surface area contributed by atoms with Crippen LogP contribution < -0.4 is 10.2 Å². The highest BCUT2D eigenvalue weighted by atomic mass is 31.2. The standard InChI is InChI=1S/C78H153N2O6P/c1-6-8-10-12-14-16-18-20-22-24-26-28-30-32-34-36-38-40-42-44-46-48-50-52-54-56-58-60-62-64-66-68-70-72-78(82)79-76(75-86-87(83,84)85-74-73-80(3,4)5)77(81)71-69-67-65-63-61-59-57-55-53-51-49-47-45-43-41-39-37-35-33-31-29-27-25-23-21-19-17-15-13-11-9-7-2/h53,55,61,63,69,71,76-77,81H,6-52,54,56-60,62,64-68,70,72-75H2,1-5H3,(H-,79,82,83,84)/b55-53+,63-61+,71-69+. The van der Waals surface area contributed by atoms with Gasteiger partial charge in [0.15, 0.2) is 0 Å². The van der Waals surface area contributed by atoms with E-state index in [1.807, 2.05) is 27.2 Å². The maximum absolute atomic E-state index is 13.1. The first-order valence-corrected chi connectivity index (χ1v) is 40.3. The molecule has 3 unspecified atom stereocenters. The molecule has 0 aromatic heterocycles. The lowest BCUT2D eigenvalue weighted by molar-refractivity contribution is -0.870. The lowest BCUT2D eigenvalue weighted by Gasteiger charge is -2.29. The second-order valence-corrected chi connectivity index (χ2v) is 29.5. The number of nitrogens with one attached hydrogen (secondary N) is 1. The number of unbranched alkanes of at least 4 members (excludes halogenated alkanes) is 56. The normalized spacial score (nSPS) is 13.7. The molecule has 516 valence electrons. The molecule has 0 heterocycles. The fourth-order valence-corrected chi connectivity index (χ4v) is 12.8. The smallest absolute Gasteiger partial charge is 0.268 e. The SMILES string of the molecule is CCCCCCCCCCCCCCCCCCCCCCCC/C=C/CC/C=C/CC/C=C/C(O)C(COP(=O)([O-])OCC[N+](C)(C)C)NC(=O)CCCCCCCCCCCCCCCCCCCCCCCCCCCCCCCCCCC. The molecular formula is C78H153N2O6P. The van der Waals surface area contributed by atoms with Crippen molar-refractivity contribution < 1.29 is 32.9 Å². The van der Waals surface area contributed by atoms with E-state index >= 15 is 0 Å². The van der Waals surface area contributed by atoms with Crippen LogP contribution in [0.5, 0.6) is 0 Å². The van der Waals surface area contributed by atoms with Gasteiger partial charge in [0.1, 0.15) is 13.2 Å². The van der Waals surface area contributed by atoms with E-state index in [2.05, 4.69) is 43.5 Å². The largest absolute Gasteiger partial charge is 0.756 e. The van der Waals surface area contributed by atoms with Crippen molar-refractivity contribution in [1.29, 1.82) is 0 Å². The summed E-state index contributed by atoms with van der Waals surface area (Å²) in [6.45, 7) is 4.69. The molecule has 87 heavy (non-hydrogen) atoms. The fourth-order valence-electron chi connectivity index (χ4n) is 12.1. The number of hydrogen-bond acceptors (Lipinski definition) is 6. The highest BCUT2D eigenvalue weighted by Gasteiger charge is 2.23. The van der Waals surface area contributed by atoms with Crippen molar-refractivity contribution in [2.75, 3.05) is 40.9 Å². The number of aliphatic hydroxyl groups is 1. The molecule has 0 spiro atoms. The molecule has 0 saturated carbocycles. The highest BCUT2D eigenvalue weighted by molar-refractivity contribution is 7.45. The Morgan fingerprint density at radius 2 is 0.644 bits per heavy atom. The van der Waals surface area contributed by atoms with Crippen LogP contribution in [0.1, 0.15) is 406 Å². The number of carbonyl (C=O) groups excluding carboxylic acids is 1. The molecule has 0 bridgehead atoms. The lowest BCUT2D eigenvalue weighted by atomic mass is 10.0. The summed E-state index contributed by atoms with van der Waals surface area (Å²) in [6.07, 6.45) is 93.2. The van der Waals surface area contributed by atoms with Crippen LogP contribution in [0, 0.1) is 0 Å². The van der Waals surface area contributed by atoms with Gasteiger partial charge in [0, 0.05) is 6.42 Å². The summed E-state index contributed by atoms with van der Waals surface area (Å²) in [6, 6.07) is -0.910. The number of phosphoric ester groups is 1. The summed E-state index contributed by atoms with van der Waals surface area (Å²) in [5, 5.41) is 14.0. The zero-order chi connectivity index (χ0) is 63.4. The van der Waals surface area contributed by atoms with Crippen molar-refractivity contribution in [3.63, 3.8) is 0 Å². The van der Waals surface area contributed by atoms with Crippen LogP contribution >= 0.6 is 7.82 Å². The third kappa shape index (κ3) is 72.0. The van der Waals surface area contributed by atoms with Crippen molar-refractivity contribution in [1.82, 2.24) is 5.32 Å². The predicted molar refractivity (Wildman–Crippen MR) is 381 cm³/mol. The molecule has 0 saturated heterocycles. The summed E-state index contributed by atoms with van der Waals surface area (Å²) >= 11 is 0. The van der Waals surface area contributed by atoms with E-state index in [9.17, 15) is 19.4 Å². The van der Waals surface area contributed by atoms with Crippen molar-refractivity contribution in [3.05, 3.63) is 36.5 Å². The number of hydrogen-bond donors (Lipinski definition) is 2. The van der Waals surface area contributed by atoms with E-state index < -0.39 is 26.6 Å². The predicted octanol–water partition coefficient (Wildman–Crippen LogP) is 24.5. The van der Waals surface area contributed by atoms with Gasteiger partial charge >= 0.3 is 0 Å². The monoisotopic (exact) mass is 1250 g/mol. The van der Waals surface area contributed by atoms with Crippen molar-refractivity contribution in [2.45, 2.75) is 418 Å². The molecule has 0 aliphatic rings. The summed E-state index contributed by atoms with van der Waals surface area (Å²) in [7, 11) is 1.25. The summed E-state index contributed by atoms with van der Waals surface area (Å²) < 4.78 is 23.5. The Morgan fingerprint density at radius 3 is 0.931 bits per heavy atom. The number of aliphatic hydroxyl groups excluding tert-OH is 1. The van der Waals surface area contributed by atoms with Crippen molar-refractivity contribution >= 4 is 13.7 Å². The number of phosphoric acid groups is 1. The minimum absolute atomic E-state index is 0.00695. The molecule has 0 aromatic carbocycles. The number of amides is 1. The molecule has 0 aliphatic carbocycles. The van der Waals surface area contributed by atoms with E-state index in [-0.39, 0.29) is 12.5 Å². The van der Waals surface area contributed by atoms with E-state index in [4.69, 9.17) is 9.05 Å². The first kappa shape index (κ1) is 85.7. The number of nitrogens with zero attached hydrogens (tertiary/aromatic N) is 1. The molecule has 1 amide bonds. The van der Waals surface area contributed by atoms with Crippen LogP contribution in [0.4, 0.5) is 0 Å². The average molecular weight is 1250 g/mol. The molecule has 0 radical (unpaired) electrons. The number of likely N-dealkylation sites (N-methyl/N-ethyl adjacent to an activating group) is 1. The molecule has 9 heteroatoms. The molecule has 8 nitrogen and oxygen atoms in total. The Balaban J connectivity index is 4.02. The Morgan fingerprint density at radius 1 is 0.391 bits per heavy atom. The molecule has 2 N–H and O–H groups in total. The summed E-state index contributed by atoms with van der Waals surface area (Å²) in [4.78, 5) is 25.7. The first-order chi connectivity index (χ1) is 42.5. The number of quaternary nitrogens is 1. The Bertz CT molecular complexity index is 1510. The molecule has 0 rings (SSSR count). The minimum Gasteiger partial charge on any atom is -0.756 e. The number of carbonyl (C=O) groups is 1. The van der Waals surface area contributed by atoms with E-state index in [1.165, 1.54) is 340 Å². The van der Waals surface area contributed by atoms with Crippen LogP contribution in [0.15, 0.2) is 36.5 Å². The molecule has 3 atom stereocenters. The highest BCUT2D eigenvalue weighted by Crippen LogP contribution is 2.38. The van der Waals surface area contributed by atoms with E-state index in [1.54, 1.807) is 6.08 Å². The fraction of sp³-hybridized carbons (Fsp3) is 0.910. The van der Waals surface area contributed by atoms with Gasteiger partial charge in [-0.05, 0) is 44.9 Å². The van der Waals surface area contributed by atoms with Crippen molar-refractivity contribution in [2.24, 2.45) is 0 Å². The van der Waals surface area contributed by atoms with Gasteiger partial charge in [0.25, 0.3) is 7.82 Å². The van der Waals surface area contributed by atoms with Gasteiger partial charge in [0.2, 0.25) is 5.91 Å². The van der Waals surface area contributed by atoms with E-state index in [0.29, 0.717) is 17.4 Å². The minimum atomic E-state index is -4.62. The zero-order valence-corrected chi connectivity index (χ0v) is 60.2. The van der Waals surface area contributed by atoms with Gasteiger partial charge < -0.3 is 28.8 Å². The van der Waals surface area contributed by atoms with Crippen molar-refractivity contribution in [3.8, 4) is 0 Å². The molecule has 0 fully saturated rings. The van der Waals surface area contributed by atoms with Gasteiger partial charge in [-0.25, -0.2) is 0 Å². The number of allylic oxidation sites excluding steroid dienone is 5. The topological polar surface area (TPSA) is 108 Å². The van der Waals surface area contributed by atoms with Crippen LogP contribution in [0.25, 0.3) is 0 Å². The Kier molecular flexibility index (Phi) is 68.1. The summed E-state index contributed by atoms with van der Waals surface area (Å²) in [5.74, 6) is -0.202. The van der Waals surface area contributed by atoms with Crippen LogP contribution in [-0.4, -0.2) is 68.5 Å². The third-order valence-corrected chi connectivity index (χ3v) is 19.0. The van der Waals surface area contributed by atoms with Gasteiger partial charge in [-0.3, -0.25) is 9.36 Å². The Hall–Kier alpha value is -1.28. The van der Waals surface area contributed by atoms with Gasteiger partial charge in [-0.2, -0.15) is 0 Å². The van der Waals surface area contributed by atoms with Crippen LogP contribution in [-0.2, 0) is 18.4 Å². The Labute approximate surface area is 544 Å². The van der Waals surface area contributed by atoms with Crippen LogP contribution in [0.3, 0.4) is 0 Å². The second-order valence-electron chi connectivity index (χ2n) is 28.1. The van der Waals surface area contributed by atoms with E-state index in [0.717, 1.165) is 44.9 Å². The summed E-state index contributed by atoms with van der Waals surface area (Å²) in [5.41, 5.74) is 0. The van der Waals surface area contributed by atoms with Gasteiger partial charge in [0.05, 0.1) is 39.9 Å². The van der Waals surface area contributed by atoms with Gasteiger partial charge in [-0.15, -0.1) is 0 Å². The molecular weight excluding hydrogens is 1090 g/mol. The second kappa shape index (κ2) is 69.1. The molecule has 0 aromatic rings. The number of rotatable bonds is 73. The first-order valence-electron chi connectivity index (χ1n) is 38.9. The lowest BCUT2D eigenvalue weighted by Crippen LogP contribution is -2.45. The zero-order valence-electron chi connectivity index (χ0n) is 59.3. The van der Waals surface area contributed by atoms with Crippen LogP contribution in [0.2, 0.25) is 0 Å². The quantitative estimate of drug-likeness (QED) is 0.0272. The average Bonchev–Trinajstić information content (AvgIpc) is 3.70. The van der Waals surface area contributed by atoms with Gasteiger partial charge in [-0.1, -0.05) is 391 Å². The maximum atomic E-state index is 13.1. The maximum Gasteiger partial charge on any atom is 0.268 e. The third-order valence-electron chi connectivity index (χ3n) is 18.1. The molecule has 0 aliphatic heterocycles.